The van der Waals surface area contributed by atoms with Gasteiger partial charge in [0.15, 0.2) is 0 Å². The van der Waals surface area contributed by atoms with Gasteiger partial charge >= 0.3 is 5.97 Å². The predicted octanol–water partition coefficient (Wildman–Crippen LogP) is 4.18. The van der Waals surface area contributed by atoms with Crippen molar-refractivity contribution in [1.82, 2.24) is 14.8 Å². The number of benzene rings is 1. The average molecular weight is 494 g/mol. The van der Waals surface area contributed by atoms with E-state index < -0.39 is 0 Å². The summed E-state index contributed by atoms with van der Waals surface area (Å²) in [7, 11) is 0. The number of thiazole rings is 1. The second-order valence-electron chi connectivity index (χ2n) is 7.97. The van der Waals surface area contributed by atoms with Gasteiger partial charge in [0, 0.05) is 29.5 Å². The largest absolute Gasteiger partial charge is 0.486 e. The van der Waals surface area contributed by atoms with Crippen LogP contribution in [0.2, 0.25) is 5.02 Å². The van der Waals surface area contributed by atoms with E-state index >= 15 is 0 Å². The number of hydrogen-bond acceptors (Lipinski definition) is 7. The summed E-state index contributed by atoms with van der Waals surface area (Å²) >= 11 is 7.37. The Labute approximate surface area is 204 Å². The SMILES string of the molecule is CCOC(=O)CCN(CC1CCCN1CC)C(=O)Cc1csc(COc2ccc(Cl)cc2)n1. The lowest BCUT2D eigenvalue weighted by molar-refractivity contribution is -0.144. The zero-order valence-electron chi connectivity index (χ0n) is 19.3. The summed E-state index contributed by atoms with van der Waals surface area (Å²) in [4.78, 5) is 33.8. The molecule has 1 unspecified atom stereocenters. The van der Waals surface area contributed by atoms with Gasteiger partial charge in [-0.05, 0) is 57.1 Å². The van der Waals surface area contributed by atoms with Crippen molar-refractivity contribution in [2.24, 2.45) is 0 Å². The molecular formula is C24H32ClN3O4S. The number of halogens is 1. The minimum absolute atomic E-state index is 0.0160. The third kappa shape index (κ3) is 7.98. The lowest BCUT2D eigenvalue weighted by Crippen LogP contribution is -2.44. The Kier molecular flexibility index (Phi) is 9.96. The summed E-state index contributed by atoms with van der Waals surface area (Å²) in [6.45, 7) is 7.63. The molecule has 9 heteroatoms. The quantitative estimate of drug-likeness (QED) is 0.413. The molecule has 0 radical (unpaired) electrons. The van der Waals surface area contributed by atoms with Crippen molar-refractivity contribution in [3.63, 3.8) is 0 Å². The number of carbonyl (C=O) groups excluding carboxylic acids is 2. The fraction of sp³-hybridized carbons (Fsp3) is 0.542. The van der Waals surface area contributed by atoms with E-state index in [0.29, 0.717) is 37.4 Å². The molecule has 0 N–H and O–H groups in total. The van der Waals surface area contributed by atoms with Crippen LogP contribution in [0.15, 0.2) is 29.6 Å². The van der Waals surface area contributed by atoms with Crippen molar-refractivity contribution in [2.75, 3.05) is 32.8 Å². The van der Waals surface area contributed by atoms with Crippen LogP contribution in [0, 0.1) is 0 Å². The summed E-state index contributed by atoms with van der Waals surface area (Å²) in [5.74, 6) is 0.427. The molecule has 2 aromatic rings. The minimum atomic E-state index is -0.274. The van der Waals surface area contributed by atoms with Crippen LogP contribution >= 0.6 is 22.9 Å². The Bertz CT molecular complexity index is 905. The predicted molar refractivity (Wildman–Crippen MR) is 130 cm³/mol. The Morgan fingerprint density at radius 1 is 1.27 bits per heavy atom. The zero-order valence-corrected chi connectivity index (χ0v) is 20.9. The van der Waals surface area contributed by atoms with E-state index in [4.69, 9.17) is 21.1 Å². The van der Waals surface area contributed by atoms with Crippen LogP contribution in [0.5, 0.6) is 5.75 Å². The Morgan fingerprint density at radius 3 is 2.79 bits per heavy atom. The summed E-state index contributed by atoms with van der Waals surface area (Å²) in [6.07, 6.45) is 2.62. The van der Waals surface area contributed by atoms with Crippen LogP contribution < -0.4 is 4.74 Å². The van der Waals surface area contributed by atoms with Gasteiger partial charge in [-0.1, -0.05) is 18.5 Å². The third-order valence-electron chi connectivity index (χ3n) is 5.69. The smallest absolute Gasteiger partial charge is 0.307 e. The van der Waals surface area contributed by atoms with Gasteiger partial charge in [-0.25, -0.2) is 4.98 Å². The molecule has 2 heterocycles. The number of aromatic nitrogens is 1. The van der Waals surface area contributed by atoms with Gasteiger partial charge < -0.3 is 14.4 Å². The first-order valence-corrected chi connectivity index (χ1v) is 12.7. The maximum atomic E-state index is 13.2. The molecule has 1 saturated heterocycles. The van der Waals surface area contributed by atoms with E-state index in [0.717, 1.165) is 42.4 Å². The Balaban J connectivity index is 1.58. The maximum Gasteiger partial charge on any atom is 0.307 e. The molecule has 7 nitrogen and oxygen atoms in total. The lowest BCUT2D eigenvalue weighted by atomic mass is 10.2. The van der Waals surface area contributed by atoms with E-state index in [-0.39, 0.29) is 24.7 Å². The molecule has 1 fully saturated rings. The topological polar surface area (TPSA) is 72.0 Å². The second kappa shape index (κ2) is 12.9. The molecule has 33 heavy (non-hydrogen) atoms. The first-order valence-electron chi connectivity index (χ1n) is 11.5. The number of carbonyl (C=O) groups is 2. The van der Waals surface area contributed by atoms with Crippen molar-refractivity contribution >= 4 is 34.8 Å². The van der Waals surface area contributed by atoms with Crippen LogP contribution in [0.25, 0.3) is 0 Å². The lowest BCUT2D eigenvalue weighted by Gasteiger charge is -2.30. The fourth-order valence-electron chi connectivity index (χ4n) is 3.99. The number of esters is 1. The van der Waals surface area contributed by atoms with Crippen LogP contribution in [-0.4, -0.2) is 65.5 Å². The van der Waals surface area contributed by atoms with Crippen molar-refractivity contribution in [1.29, 1.82) is 0 Å². The zero-order chi connectivity index (χ0) is 23.6. The molecule has 180 valence electrons. The summed E-state index contributed by atoms with van der Waals surface area (Å²) in [5.41, 5.74) is 0.722. The van der Waals surface area contributed by atoms with Gasteiger partial charge in [0.25, 0.3) is 0 Å². The third-order valence-corrected chi connectivity index (χ3v) is 6.81. The van der Waals surface area contributed by atoms with Crippen molar-refractivity contribution < 1.29 is 19.1 Å². The number of likely N-dealkylation sites (N-methyl/N-ethyl adjacent to an activating group) is 1. The molecule has 1 aliphatic rings. The standard InChI is InChI=1S/C24H32ClN3O4S/c1-3-27-12-5-6-20(27)15-28(13-11-24(30)31-4-2)23(29)14-19-17-33-22(26-19)16-32-21-9-7-18(25)8-10-21/h7-10,17,20H,3-6,11-16H2,1-2H3. The number of amides is 1. The molecule has 3 rings (SSSR count). The van der Waals surface area contributed by atoms with Gasteiger partial charge in [0.05, 0.1) is 25.1 Å². The number of rotatable bonds is 12. The van der Waals surface area contributed by atoms with Crippen molar-refractivity contribution in [3.05, 3.63) is 45.4 Å². The van der Waals surface area contributed by atoms with E-state index in [1.165, 1.54) is 11.3 Å². The number of likely N-dealkylation sites (tertiary alicyclic amines) is 1. The Hall–Kier alpha value is -2.16. The molecule has 0 spiro atoms. The van der Waals surface area contributed by atoms with Crippen LogP contribution in [-0.2, 0) is 27.4 Å². The normalized spacial score (nSPS) is 16.0. The monoisotopic (exact) mass is 493 g/mol. The maximum absolute atomic E-state index is 13.2. The summed E-state index contributed by atoms with van der Waals surface area (Å²) in [5, 5.41) is 3.36. The van der Waals surface area contributed by atoms with E-state index in [1.807, 2.05) is 17.5 Å². The van der Waals surface area contributed by atoms with E-state index in [9.17, 15) is 9.59 Å². The molecule has 1 amide bonds. The number of hydrogen-bond donors (Lipinski definition) is 0. The number of ether oxygens (including phenoxy) is 2. The summed E-state index contributed by atoms with van der Waals surface area (Å²) in [6, 6.07) is 7.50. The van der Waals surface area contributed by atoms with Crippen molar-refractivity contribution in [2.45, 2.75) is 52.2 Å². The van der Waals surface area contributed by atoms with Crippen LogP contribution in [0.3, 0.4) is 0 Å². The van der Waals surface area contributed by atoms with E-state index in [1.54, 1.807) is 24.0 Å². The Morgan fingerprint density at radius 2 is 2.06 bits per heavy atom. The average Bonchev–Trinajstić information content (AvgIpc) is 3.45. The highest BCUT2D eigenvalue weighted by Crippen LogP contribution is 2.20. The van der Waals surface area contributed by atoms with Gasteiger partial charge in [0.2, 0.25) is 5.91 Å². The molecule has 1 atom stereocenters. The molecular weight excluding hydrogens is 462 g/mol. The van der Waals surface area contributed by atoms with Crippen molar-refractivity contribution in [3.8, 4) is 5.75 Å². The first-order chi connectivity index (χ1) is 16.0. The molecule has 1 aliphatic heterocycles. The highest BCUT2D eigenvalue weighted by molar-refractivity contribution is 7.09. The van der Waals surface area contributed by atoms with Crippen LogP contribution in [0.1, 0.15) is 43.8 Å². The minimum Gasteiger partial charge on any atom is -0.486 e. The highest BCUT2D eigenvalue weighted by atomic mass is 35.5. The molecule has 0 saturated carbocycles. The fourth-order valence-corrected chi connectivity index (χ4v) is 4.82. The second-order valence-corrected chi connectivity index (χ2v) is 9.35. The molecule has 1 aromatic carbocycles. The van der Waals surface area contributed by atoms with Gasteiger partial charge in [0.1, 0.15) is 17.4 Å². The summed E-state index contributed by atoms with van der Waals surface area (Å²) < 4.78 is 10.8. The van der Waals surface area contributed by atoms with Gasteiger partial charge in [-0.3, -0.25) is 14.5 Å². The van der Waals surface area contributed by atoms with Crippen LogP contribution in [0.4, 0.5) is 0 Å². The highest BCUT2D eigenvalue weighted by Gasteiger charge is 2.27. The molecule has 0 aliphatic carbocycles. The van der Waals surface area contributed by atoms with Gasteiger partial charge in [-0.15, -0.1) is 11.3 Å². The first kappa shape index (κ1) is 25.5. The van der Waals surface area contributed by atoms with E-state index in [2.05, 4.69) is 16.8 Å². The molecule has 1 aromatic heterocycles. The molecule has 0 bridgehead atoms. The van der Waals surface area contributed by atoms with Gasteiger partial charge in [-0.2, -0.15) is 0 Å². The number of nitrogens with zero attached hydrogens (tertiary/aromatic N) is 3.